The molecule has 0 unspecified atom stereocenters. The minimum Gasteiger partial charge on any atom is -0.324 e. The summed E-state index contributed by atoms with van der Waals surface area (Å²) in [5.41, 5.74) is 1.86. The number of anilines is 2. The molecule has 9 nitrogen and oxygen atoms in total. The predicted molar refractivity (Wildman–Crippen MR) is 129 cm³/mol. The van der Waals surface area contributed by atoms with Gasteiger partial charge in [-0.2, -0.15) is 0 Å². The van der Waals surface area contributed by atoms with Crippen molar-refractivity contribution in [3.05, 3.63) is 84.2 Å². The lowest BCUT2D eigenvalue weighted by atomic mass is 10.0. The van der Waals surface area contributed by atoms with E-state index in [1.807, 2.05) is 13.8 Å². The summed E-state index contributed by atoms with van der Waals surface area (Å²) in [6.45, 7) is 3.66. The number of amidine groups is 1. The molecule has 2 amide bonds. The van der Waals surface area contributed by atoms with Gasteiger partial charge in [-0.25, -0.2) is 8.42 Å². The molecule has 1 aliphatic heterocycles. The Labute approximate surface area is 197 Å². The Kier molecular flexibility index (Phi) is 6.42. The normalized spacial score (nSPS) is 15.9. The van der Waals surface area contributed by atoms with Gasteiger partial charge in [0.25, 0.3) is 15.9 Å². The topological polar surface area (TPSA) is 130 Å². The fourth-order valence-corrected chi connectivity index (χ4v) is 4.72. The molecule has 0 saturated heterocycles. The van der Waals surface area contributed by atoms with Gasteiger partial charge in [0, 0.05) is 34.9 Å². The maximum absolute atomic E-state index is 13.1. The number of carbonyl (C=O) groups is 2. The van der Waals surface area contributed by atoms with E-state index in [4.69, 9.17) is 0 Å². The third-order valence-electron chi connectivity index (χ3n) is 5.16. The van der Waals surface area contributed by atoms with Crippen molar-refractivity contribution in [1.29, 1.82) is 0 Å². The maximum atomic E-state index is 13.1. The van der Waals surface area contributed by atoms with Gasteiger partial charge in [-0.15, -0.1) is 0 Å². The van der Waals surface area contributed by atoms with E-state index in [0.29, 0.717) is 22.5 Å². The Morgan fingerprint density at radius 3 is 2.32 bits per heavy atom. The molecule has 0 bridgehead atoms. The summed E-state index contributed by atoms with van der Waals surface area (Å²) in [5, 5.41) is 5.59. The Balaban J connectivity index is 1.53. The molecule has 2 aromatic carbocycles. The van der Waals surface area contributed by atoms with Crippen LogP contribution in [0, 0.1) is 5.92 Å². The number of nitrogens with zero attached hydrogens (tertiary/aromatic N) is 2. The second-order valence-corrected chi connectivity index (χ2v) is 9.68. The average Bonchev–Trinajstić information content (AvgIpc) is 3.08. The van der Waals surface area contributed by atoms with Crippen LogP contribution in [-0.2, 0) is 14.8 Å². The van der Waals surface area contributed by atoms with Gasteiger partial charge < -0.3 is 10.6 Å². The Hall–Kier alpha value is -4.05. The first-order valence-electron chi connectivity index (χ1n) is 10.6. The summed E-state index contributed by atoms with van der Waals surface area (Å²) in [6, 6.07) is 15.6. The van der Waals surface area contributed by atoms with Crippen molar-refractivity contribution in [2.45, 2.75) is 24.8 Å². The van der Waals surface area contributed by atoms with E-state index in [9.17, 15) is 18.0 Å². The smallest absolute Gasteiger partial charge is 0.263 e. The van der Waals surface area contributed by atoms with Gasteiger partial charge >= 0.3 is 0 Å². The highest BCUT2D eigenvalue weighted by Gasteiger charge is 2.32. The van der Waals surface area contributed by atoms with Crippen LogP contribution in [0.2, 0.25) is 0 Å². The number of fused-ring (bicyclic) bond motifs is 1. The zero-order valence-corrected chi connectivity index (χ0v) is 19.3. The number of hydrogen-bond acceptors (Lipinski definition) is 6. The minimum atomic E-state index is -3.71. The minimum absolute atomic E-state index is 0.134. The molecule has 0 spiro atoms. The number of rotatable bonds is 6. The number of nitrogens with one attached hydrogen (secondary N) is 3. The van der Waals surface area contributed by atoms with Crippen LogP contribution in [0.1, 0.15) is 29.8 Å². The molecule has 4 rings (SSSR count). The molecule has 0 radical (unpaired) electrons. The van der Waals surface area contributed by atoms with Crippen molar-refractivity contribution >= 4 is 39.0 Å². The molecular formula is C24H23N5O4S. The van der Waals surface area contributed by atoms with Crippen molar-refractivity contribution in [2.75, 3.05) is 10.6 Å². The fourth-order valence-electron chi connectivity index (χ4n) is 3.48. The van der Waals surface area contributed by atoms with E-state index in [2.05, 4.69) is 25.3 Å². The summed E-state index contributed by atoms with van der Waals surface area (Å²) in [5.74, 6) is -0.768. The van der Waals surface area contributed by atoms with E-state index in [0.717, 1.165) is 0 Å². The van der Waals surface area contributed by atoms with Crippen molar-refractivity contribution in [3.63, 3.8) is 0 Å². The number of hydrogen-bond donors (Lipinski definition) is 3. The molecule has 0 fully saturated rings. The molecule has 0 saturated carbocycles. The number of amides is 2. The molecule has 1 aliphatic rings. The van der Waals surface area contributed by atoms with E-state index >= 15 is 0 Å². The molecule has 10 heteroatoms. The number of aliphatic imine (C=N–C) groups is 1. The van der Waals surface area contributed by atoms with Crippen LogP contribution in [0.25, 0.3) is 0 Å². The summed E-state index contributed by atoms with van der Waals surface area (Å²) in [7, 11) is -3.71. The van der Waals surface area contributed by atoms with Crippen LogP contribution in [0.15, 0.2) is 82.9 Å². The van der Waals surface area contributed by atoms with Gasteiger partial charge in [-0.1, -0.05) is 32.0 Å². The Morgan fingerprint density at radius 2 is 1.62 bits per heavy atom. The summed E-state index contributed by atoms with van der Waals surface area (Å²) in [6.07, 6.45) is 3.06. The Morgan fingerprint density at radius 1 is 0.941 bits per heavy atom. The monoisotopic (exact) mass is 477 g/mol. The molecule has 3 aromatic rings. The molecule has 1 aromatic heterocycles. The van der Waals surface area contributed by atoms with Crippen molar-refractivity contribution in [1.82, 2.24) is 9.71 Å². The van der Waals surface area contributed by atoms with Gasteiger partial charge in [-0.05, 0) is 48.4 Å². The van der Waals surface area contributed by atoms with Crippen molar-refractivity contribution < 1.29 is 18.0 Å². The van der Waals surface area contributed by atoms with E-state index in [1.165, 1.54) is 18.5 Å². The second kappa shape index (κ2) is 9.44. The SMILES string of the molecule is CC(C)[C@H](N=C1NS(=O)(=O)c2ccccc21)C(=O)Nc1cccc(NC(=O)c2ccncc2)c1. The fraction of sp³-hybridized carbons (Fsp3) is 0.167. The highest BCUT2D eigenvalue weighted by Crippen LogP contribution is 2.24. The van der Waals surface area contributed by atoms with Gasteiger partial charge in [0.15, 0.2) is 0 Å². The van der Waals surface area contributed by atoms with Gasteiger partial charge in [-0.3, -0.25) is 24.3 Å². The Bertz CT molecular complexity index is 1370. The van der Waals surface area contributed by atoms with Gasteiger partial charge in [0.05, 0.1) is 4.90 Å². The van der Waals surface area contributed by atoms with Crippen LogP contribution in [0.3, 0.4) is 0 Å². The van der Waals surface area contributed by atoms with Crippen LogP contribution in [-0.4, -0.2) is 37.1 Å². The standard InChI is InChI=1S/C24H23N5O4S/c1-15(2)21(28-22-19-8-3-4-9-20(19)34(32,33)29-22)24(31)27-18-7-5-6-17(14-18)26-23(30)16-10-12-25-13-11-16/h3-15,21H,1-2H3,(H,26,30)(H,27,31)(H,28,29)/t21-/m0/s1. The number of aromatic nitrogens is 1. The van der Waals surface area contributed by atoms with Crippen molar-refractivity contribution in [2.24, 2.45) is 10.9 Å². The number of benzene rings is 2. The van der Waals surface area contributed by atoms with E-state index < -0.39 is 22.0 Å². The average molecular weight is 478 g/mol. The molecule has 3 N–H and O–H groups in total. The highest BCUT2D eigenvalue weighted by molar-refractivity contribution is 7.90. The quantitative estimate of drug-likeness (QED) is 0.502. The lowest BCUT2D eigenvalue weighted by Crippen LogP contribution is -2.34. The first-order chi connectivity index (χ1) is 16.2. The zero-order chi connectivity index (χ0) is 24.3. The third-order valence-corrected chi connectivity index (χ3v) is 6.56. The van der Waals surface area contributed by atoms with Crippen LogP contribution in [0.5, 0.6) is 0 Å². The second-order valence-electron chi connectivity index (χ2n) is 8.03. The van der Waals surface area contributed by atoms with Crippen LogP contribution in [0.4, 0.5) is 11.4 Å². The first-order valence-corrected chi connectivity index (χ1v) is 12.1. The number of pyridine rings is 1. The lowest BCUT2D eigenvalue weighted by molar-refractivity contribution is -0.118. The zero-order valence-electron chi connectivity index (χ0n) is 18.5. The molecule has 1 atom stereocenters. The van der Waals surface area contributed by atoms with E-state index in [1.54, 1.807) is 54.6 Å². The van der Waals surface area contributed by atoms with Crippen molar-refractivity contribution in [3.8, 4) is 0 Å². The summed E-state index contributed by atoms with van der Waals surface area (Å²) in [4.78, 5) is 34.0. The highest BCUT2D eigenvalue weighted by atomic mass is 32.2. The molecular weight excluding hydrogens is 454 g/mol. The molecule has 34 heavy (non-hydrogen) atoms. The van der Waals surface area contributed by atoms with Crippen LogP contribution < -0.4 is 15.4 Å². The van der Waals surface area contributed by atoms with E-state index in [-0.39, 0.29) is 22.6 Å². The summed E-state index contributed by atoms with van der Waals surface area (Å²) < 4.78 is 27.2. The van der Waals surface area contributed by atoms with Crippen LogP contribution >= 0.6 is 0 Å². The van der Waals surface area contributed by atoms with Gasteiger partial charge in [0.2, 0.25) is 5.91 Å². The maximum Gasteiger partial charge on any atom is 0.263 e. The molecule has 0 aliphatic carbocycles. The van der Waals surface area contributed by atoms with Gasteiger partial charge in [0.1, 0.15) is 11.9 Å². The molecule has 174 valence electrons. The first kappa shape index (κ1) is 23.1. The summed E-state index contributed by atoms with van der Waals surface area (Å²) >= 11 is 0. The molecule has 2 heterocycles. The number of sulfonamides is 1. The predicted octanol–water partition coefficient (Wildman–Crippen LogP) is 3.04. The number of carbonyl (C=O) groups excluding carboxylic acids is 2. The largest absolute Gasteiger partial charge is 0.324 e. The third kappa shape index (κ3) is 4.96. The lowest BCUT2D eigenvalue weighted by Gasteiger charge is -2.18.